The number of hydrogen-bond acceptors (Lipinski definition) is 5. The molecule has 1 aliphatic heterocycles. The van der Waals surface area contributed by atoms with Crippen molar-refractivity contribution in [3.05, 3.63) is 41.7 Å². The Bertz CT molecular complexity index is 700. The summed E-state index contributed by atoms with van der Waals surface area (Å²) in [6, 6.07) is 10.3. The van der Waals surface area contributed by atoms with Crippen molar-refractivity contribution in [1.29, 1.82) is 0 Å². The summed E-state index contributed by atoms with van der Waals surface area (Å²) in [6.07, 6.45) is 2.62. The van der Waals surface area contributed by atoms with Crippen LogP contribution in [0.1, 0.15) is 45.0 Å². The fourth-order valence-electron chi connectivity index (χ4n) is 2.97. The Morgan fingerprint density at radius 3 is 2.80 bits per heavy atom. The molecule has 0 aliphatic carbocycles. The number of carbonyl (C=O) groups excluding carboxylic acids is 1. The summed E-state index contributed by atoms with van der Waals surface area (Å²) in [5.74, 6) is 1.36. The molecule has 2 atom stereocenters. The molecule has 1 N–H and O–H groups in total. The number of nitrogens with one attached hydrogen (secondary N) is 1. The van der Waals surface area contributed by atoms with Gasteiger partial charge in [0.2, 0.25) is 11.0 Å². The molecule has 134 valence electrons. The van der Waals surface area contributed by atoms with Crippen LogP contribution >= 0.6 is 11.5 Å². The molecule has 1 fully saturated rings. The Morgan fingerprint density at radius 2 is 2.08 bits per heavy atom. The molecule has 25 heavy (non-hydrogen) atoms. The molecule has 0 unspecified atom stereocenters. The van der Waals surface area contributed by atoms with Crippen molar-refractivity contribution in [2.45, 2.75) is 52.1 Å². The minimum Gasteiger partial charge on any atom is -0.352 e. The molecule has 1 saturated heterocycles. The Morgan fingerprint density at radius 1 is 1.32 bits per heavy atom. The third-order valence-electron chi connectivity index (χ3n) is 4.83. The van der Waals surface area contributed by atoms with Gasteiger partial charge in [-0.2, -0.15) is 4.37 Å². The van der Waals surface area contributed by atoms with E-state index in [9.17, 15) is 4.79 Å². The monoisotopic (exact) mass is 358 g/mol. The number of aromatic nitrogens is 2. The first-order valence-electron chi connectivity index (χ1n) is 8.98. The molecule has 2 aromatic rings. The maximum atomic E-state index is 12.6. The van der Waals surface area contributed by atoms with Crippen LogP contribution in [-0.2, 0) is 11.2 Å². The SMILES string of the molecule is CC(C)[C@@H](C)NC(=O)[C@@H]1CCCN1c1nc(Cc2ccccc2)ns1. The first kappa shape index (κ1) is 17.9. The molecule has 1 aliphatic rings. The van der Waals surface area contributed by atoms with Crippen molar-refractivity contribution in [3.63, 3.8) is 0 Å². The van der Waals surface area contributed by atoms with Gasteiger partial charge in [-0.1, -0.05) is 44.2 Å². The lowest BCUT2D eigenvalue weighted by Gasteiger charge is -2.25. The van der Waals surface area contributed by atoms with Crippen LogP contribution in [0.2, 0.25) is 0 Å². The summed E-state index contributed by atoms with van der Waals surface area (Å²) in [4.78, 5) is 19.5. The molecule has 1 aromatic heterocycles. The number of benzene rings is 1. The van der Waals surface area contributed by atoms with E-state index in [0.29, 0.717) is 5.92 Å². The van der Waals surface area contributed by atoms with E-state index in [0.717, 1.165) is 36.8 Å². The first-order valence-corrected chi connectivity index (χ1v) is 9.75. The molecule has 3 rings (SSSR count). The van der Waals surface area contributed by atoms with Crippen molar-refractivity contribution in [3.8, 4) is 0 Å². The highest BCUT2D eigenvalue weighted by Crippen LogP contribution is 2.28. The topological polar surface area (TPSA) is 58.1 Å². The van der Waals surface area contributed by atoms with Crippen molar-refractivity contribution in [1.82, 2.24) is 14.7 Å². The molecular formula is C19H26N4OS. The fraction of sp³-hybridized carbons (Fsp3) is 0.526. The lowest BCUT2D eigenvalue weighted by Crippen LogP contribution is -2.47. The summed E-state index contributed by atoms with van der Waals surface area (Å²) in [5.41, 5.74) is 1.20. The number of rotatable bonds is 6. The van der Waals surface area contributed by atoms with Gasteiger partial charge in [-0.15, -0.1) is 0 Å². The van der Waals surface area contributed by atoms with E-state index < -0.39 is 0 Å². The van der Waals surface area contributed by atoms with Gasteiger partial charge in [0.25, 0.3) is 0 Å². The minimum absolute atomic E-state index is 0.110. The van der Waals surface area contributed by atoms with E-state index >= 15 is 0 Å². The first-order chi connectivity index (χ1) is 12.0. The third kappa shape index (κ3) is 4.37. The average molecular weight is 359 g/mol. The largest absolute Gasteiger partial charge is 0.352 e. The summed E-state index contributed by atoms with van der Waals surface area (Å²) < 4.78 is 4.50. The van der Waals surface area contributed by atoms with Crippen molar-refractivity contribution in [2.24, 2.45) is 5.92 Å². The van der Waals surface area contributed by atoms with Crippen LogP contribution in [0.4, 0.5) is 5.13 Å². The average Bonchev–Trinajstić information content (AvgIpc) is 3.24. The quantitative estimate of drug-likeness (QED) is 0.861. The van der Waals surface area contributed by atoms with Crippen molar-refractivity contribution in [2.75, 3.05) is 11.4 Å². The molecule has 6 heteroatoms. The Kier molecular flexibility index (Phi) is 5.68. The van der Waals surface area contributed by atoms with E-state index in [-0.39, 0.29) is 18.0 Å². The van der Waals surface area contributed by atoms with Crippen LogP contribution in [0.3, 0.4) is 0 Å². The smallest absolute Gasteiger partial charge is 0.243 e. The van der Waals surface area contributed by atoms with E-state index in [1.807, 2.05) is 18.2 Å². The lowest BCUT2D eigenvalue weighted by molar-refractivity contribution is -0.123. The van der Waals surface area contributed by atoms with Gasteiger partial charge in [0, 0.05) is 30.5 Å². The molecule has 1 aromatic carbocycles. The predicted molar refractivity (Wildman–Crippen MR) is 102 cm³/mol. The molecule has 0 bridgehead atoms. The molecule has 0 radical (unpaired) electrons. The zero-order chi connectivity index (χ0) is 17.8. The van der Waals surface area contributed by atoms with E-state index in [1.165, 1.54) is 17.1 Å². The van der Waals surface area contributed by atoms with E-state index in [4.69, 9.17) is 0 Å². The van der Waals surface area contributed by atoms with Crippen LogP contribution < -0.4 is 10.2 Å². The summed E-state index contributed by atoms with van der Waals surface area (Å²) in [6.45, 7) is 7.18. The maximum Gasteiger partial charge on any atom is 0.243 e. The summed E-state index contributed by atoms with van der Waals surface area (Å²) >= 11 is 1.40. The standard InChI is InChI=1S/C19H26N4OS/c1-13(2)14(3)20-18(24)16-10-7-11-23(16)19-21-17(22-25-19)12-15-8-5-4-6-9-15/h4-6,8-9,13-14,16H,7,10-12H2,1-3H3,(H,20,24)/t14-,16+/m1/s1. The van der Waals surface area contributed by atoms with E-state index in [1.54, 1.807) is 0 Å². The third-order valence-corrected chi connectivity index (χ3v) is 5.62. The van der Waals surface area contributed by atoms with Gasteiger partial charge in [0.15, 0.2) is 0 Å². The molecule has 1 amide bonds. The molecule has 2 heterocycles. The number of hydrogen-bond donors (Lipinski definition) is 1. The normalized spacial score (nSPS) is 18.6. The molecule has 5 nitrogen and oxygen atoms in total. The van der Waals surface area contributed by atoms with Crippen LogP contribution in [0.25, 0.3) is 0 Å². The van der Waals surface area contributed by atoms with Crippen molar-refractivity contribution < 1.29 is 4.79 Å². The second kappa shape index (κ2) is 7.95. The Labute approximate surface area is 153 Å². The fourth-order valence-corrected chi connectivity index (χ4v) is 3.73. The number of nitrogens with zero attached hydrogens (tertiary/aromatic N) is 3. The van der Waals surface area contributed by atoms with Gasteiger partial charge in [-0.25, -0.2) is 4.98 Å². The van der Waals surface area contributed by atoms with E-state index in [2.05, 4.69) is 52.5 Å². The highest BCUT2D eigenvalue weighted by atomic mass is 32.1. The maximum absolute atomic E-state index is 12.6. The van der Waals surface area contributed by atoms with Gasteiger partial charge in [-0.05, 0) is 31.2 Å². The molecule has 0 spiro atoms. The predicted octanol–water partition coefficient (Wildman–Crippen LogP) is 3.26. The molecular weight excluding hydrogens is 332 g/mol. The van der Waals surface area contributed by atoms with Gasteiger partial charge in [-0.3, -0.25) is 4.79 Å². The van der Waals surface area contributed by atoms with Gasteiger partial charge in [0.05, 0.1) is 0 Å². The van der Waals surface area contributed by atoms with Gasteiger partial charge >= 0.3 is 0 Å². The second-order valence-electron chi connectivity index (χ2n) is 7.05. The lowest BCUT2D eigenvalue weighted by atomic mass is 10.1. The molecule has 0 saturated carbocycles. The Hall–Kier alpha value is -1.95. The summed E-state index contributed by atoms with van der Waals surface area (Å²) in [7, 11) is 0. The van der Waals surface area contributed by atoms with Gasteiger partial charge in [0.1, 0.15) is 11.9 Å². The zero-order valence-corrected chi connectivity index (χ0v) is 15.9. The summed E-state index contributed by atoms with van der Waals surface area (Å²) in [5, 5.41) is 4.01. The van der Waals surface area contributed by atoms with Crippen molar-refractivity contribution >= 4 is 22.6 Å². The number of amides is 1. The number of carbonyl (C=O) groups is 1. The second-order valence-corrected chi connectivity index (χ2v) is 7.78. The van der Waals surface area contributed by atoms with Crippen LogP contribution in [0, 0.1) is 5.92 Å². The van der Waals surface area contributed by atoms with Crippen LogP contribution in [0.15, 0.2) is 30.3 Å². The minimum atomic E-state index is -0.126. The Balaban J connectivity index is 1.67. The number of anilines is 1. The zero-order valence-electron chi connectivity index (χ0n) is 15.1. The van der Waals surface area contributed by atoms with Gasteiger partial charge < -0.3 is 10.2 Å². The van der Waals surface area contributed by atoms with Crippen LogP contribution in [0.5, 0.6) is 0 Å². The van der Waals surface area contributed by atoms with Crippen LogP contribution in [-0.4, -0.2) is 33.9 Å². The highest BCUT2D eigenvalue weighted by molar-refractivity contribution is 7.09. The highest BCUT2D eigenvalue weighted by Gasteiger charge is 2.33.